The molecule has 1 aromatic heterocycles. The summed E-state index contributed by atoms with van der Waals surface area (Å²) in [7, 11) is -3.47. The predicted molar refractivity (Wildman–Crippen MR) is 79.6 cm³/mol. The summed E-state index contributed by atoms with van der Waals surface area (Å²) in [4.78, 5) is 0. The number of sulfonamides is 1. The second kappa shape index (κ2) is 5.57. The molecule has 0 amide bonds. The van der Waals surface area contributed by atoms with Crippen LogP contribution in [-0.4, -0.2) is 36.5 Å². The van der Waals surface area contributed by atoms with Gasteiger partial charge in [0.1, 0.15) is 4.21 Å². The predicted octanol–water partition coefficient (Wildman–Crippen LogP) is 2.72. The summed E-state index contributed by atoms with van der Waals surface area (Å²) in [5.74, 6) is 0.0858. The molecule has 0 spiro atoms. The highest BCUT2D eigenvalue weighted by Gasteiger charge is 2.43. The fourth-order valence-corrected chi connectivity index (χ4v) is 6.81. The van der Waals surface area contributed by atoms with Crippen LogP contribution in [0.2, 0.25) is 4.34 Å². The summed E-state index contributed by atoms with van der Waals surface area (Å²) in [6.07, 6.45) is 4.05. The van der Waals surface area contributed by atoms with Crippen LogP contribution < -0.4 is 0 Å². The van der Waals surface area contributed by atoms with Gasteiger partial charge in [-0.05, 0) is 37.8 Å². The Morgan fingerprint density at radius 1 is 1.25 bits per heavy atom. The number of nitrogens with zero attached hydrogens (tertiary/aromatic N) is 1. The van der Waals surface area contributed by atoms with Crippen molar-refractivity contribution in [2.75, 3.05) is 6.54 Å². The van der Waals surface area contributed by atoms with E-state index in [0.29, 0.717) is 15.1 Å². The summed E-state index contributed by atoms with van der Waals surface area (Å²) in [5, 5.41) is 10.1. The number of thiophene rings is 1. The molecular weight excluding hydrogens is 318 g/mol. The lowest BCUT2D eigenvalue weighted by Gasteiger charge is -2.30. The van der Waals surface area contributed by atoms with Gasteiger partial charge in [0.2, 0.25) is 0 Å². The molecule has 0 radical (unpaired) electrons. The Bertz CT molecular complexity index is 586. The maximum absolute atomic E-state index is 12.7. The number of hydrogen-bond donors (Lipinski definition) is 1. The molecule has 112 valence electrons. The molecule has 2 aliphatic rings. The third kappa shape index (κ3) is 2.52. The van der Waals surface area contributed by atoms with Gasteiger partial charge in [-0.15, -0.1) is 11.3 Å². The Hall–Kier alpha value is -0.140. The molecule has 1 aliphatic heterocycles. The van der Waals surface area contributed by atoms with Gasteiger partial charge in [0.15, 0.2) is 0 Å². The van der Waals surface area contributed by atoms with Crippen LogP contribution in [0.5, 0.6) is 0 Å². The molecule has 0 aromatic carbocycles. The minimum Gasteiger partial charge on any atom is -0.393 e. The minimum atomic E-state index is -3.47. The molecule has 1 saturated heterocycles. The molecule has 1 aromatic rings. The Balaban J connectivity index is 1.88. The maximum Gasteiger partial charge on any atom is 0.252 e. The second-order valence-electron chi connectivity index (χ2n) is 5.55. The normalized spacial score (nSPS) is 32.0. The Morgan fingerprint density at radius 2 is 2.05 bits per heavy atom. The van der Waals surface area contributed by atoms with Crippen molar-refractivity contribution >= 4 is 33.0 Å². The van der Waals surface area contributed by atoms with Crippen molar-refractivity contribution in [2.45, 2.75) is 48.5 Å². The molecule has 1 saturated carbocycles. The van der Waals surface area contributed by atoms with E-state index in [2.05, 4.69) is 0 Å². The third-order valence-electron chi connectivity index (χ3n) is 4.39. The summed E-state index contributed by atoms with van der Waals surface area (Å²) >= 11 is 6.96. The lowest BCUT2D eigenvalue weighted by Crippen LogP contribution is -2.42. The van der Waals surface area contributed by atoms with Crippen LogP contribution in [0.4, 0.5) is 0 Å². The second-order valence-corrected chi connectivity index (χ2v) is 9.38. The van der Waals surface area contributed by atoms with Gasteiger partial charge < -0.3 is 5.11 Å². The van der Waals surface area contributed by atoms with E-state index >= 15 is 0 Å². The highest BCUT2D eigenvalue weighted by molar-refractivity contribution is 7.91. The van der Waals surface area contributed by atoms with Gasteiger partial charge in [-0.2, -0.15) is 4.31 Å². The molecular formula is C13H18ClNO3S2. The van der Waals surface area contributed by atoms with Crippen LogP contribution in [0.25, 0.3) is 0 Å². The summed E-state index contributed by atoms with van der Waals surface area (Å²) in [5.41, 5.74) is 0. The average Bonchev–Trinajstić information content (AvgIpc) is 3.07. The van der Waals surface area contributed by atoms with Crippen molar-refractivity contribution in [1.29, 1.82) is 0 Å². The zero-order valence-electron chi connectivity index (χ0n) is 11.0. The molecule has 3 rings (SSSR count). The van der Waals surface area contributed by atoms with Crippen molar-refractivity contribution in [3.05, 3.63) is 16.5 Å². The quantitative estimate of drug-likeness (QED) is 0.924. The van der Waals surface area contributed by atoms with E-state index in [0.717, 1.165) is 43.4 Å². The highest BCUT2D eigenvalue weighted by Crippen LogP contribution is 2.39. The van der Waals surface area contributed by atoms with Crippen LogP contribution in [0.15, 0.2) is 16.3 Å². The van der Waals surface area contributed by atoms with Crippen molar-refractivity contribution < 1.29 is 13.5 Å². The number of halogens is 1. The van der Waals surface area contributed by atoms with Crippen LogP contribution in [0.3, 0.4) is 0 Å². The van der Waals surface area contributed by atoms with E-state index in [-0.39, 0.29) is 18.1 Å². The summed E-state index contributed by atoms with van der Waals surface area (Å²) in [6, 6.07) is 3.13. The van der Waals surface area contributed by atoms with Crippen LogP contribution >= 0.6 is 22.9 Å². The smallest absolute Gasteiger partial charge is 0.252 e. The summed E-state index contributed by atoms with van der Waals surface area (Å²) < 4.78 is 27.8. The molecule has 7 heteroatoms. The van der Waals surface area contributed by atoms with Crippen LogP contribution in [0, 0.1) is 5.92 Å². The van der Waals surface area contributed by atoms with Crippen LogP contribution in [-0.2, 0) is 10.0 Å². The fraction of sp³-hybridized carbons (Fsp3) is 0.692. The number of aliphatic hydroxyl groups excluding tert-OH is 1. The molecule has 1 N–H and O–H groups in total. The van der Waals surface area contributed by atoms with Gasteiger partial charge in [0.25, 0.3) is 10.0 Å². The molecule has 2 heterocycles. The first-order chi connectivity index (χ1) is 9.50. The first-order valence-electron chi connectivity index (χ1n) is 6.95. The number of rotatable bonds is 3. The fourth-order valence-electron chi connectivity index (χ4n) is 3.46. The number of aliphatic hydroxyl groups is 1. The maximum atomic E-state index is 12.7. The van der Waals surface area contributed by atoms with E-state index < -0.39 is 10.0 Å². The van der Waals surface area contributed by atoms with Gasteiger partial charge in [0, 0.05) is 18.5 Å². The van der Waals surface area contributed by atoms with Gasteiger partial charge in [-0.25, -0.2) is 8.42 Å². The average molecular weight is 336 g/mol. The van der Waals surface area contributed by atoms with Crippen molar-refractivity contribution in [3.63, 3.8) is 0 Å². The topological polar surface area (TPSA) is 57.6 Å². The van der Waals surface area contributed by atoms with Crippen molar-refractivity contribution in [1.82, 2.24) is 4.31 Å². The third-order valence-corrected chi connectivity index (χ3v) is 8.01. The molecule has 2 fully saturated rings. The Labute approximate surface area is 128 Å². The van der Waals surface area contributed by atoms with Gasteiger partial charge in [0.05, 0.1) is 10.4 Å². The number of hydrogen-bond acceptors (Lipinski definition) is 4. The van der Waals surface area contributed by atoms with Gasteiger partial charge >= 0.3 is 0 Å². The monoisotopic (exact) mass is 335 g/mol. The lowest BCUT2D eigenvalue weighted by molar-refractivity contribution is 0.0975. The zero-order valence-corrected chi connectivity index (χ0v) is 13.4. The lowest BCUT2D eigenvalue weighted by atomic mass is 9.95. The first kappa shape index (κ1) is 14.8. The molecule has 1 aliphatic carbocycles. The van der Waals surface area contributed by atoms with Crippen molar-refractivity contribution in [3.8, 4) is 0 Å². The van der Waals surface area contributed by atoms with E-state index in [1.807, 2.05) is 0 Å². The van der Waals surface area contributed by atoms with Gasteiger partial charge in [-0.1, -0.05) is 18.0 Å². The minimum absolute atomic E-state index is 0.0571. The van der Waals surface area contributed by atoms with Crippen LogP contribution in [0.1, 0.15) is 32.1 Å². The van der Waals surface area contributed by atoms with E-state index in [1.165, 1.54) is 0 Å². The van der Waals surface area contributed by atoms with E-state index in [1.54, 1.807) is 16.4 Å². The van der Waals surface area contributed by atoms with E-state index in [9.17, 15) is 13.5 Å². The standard InChI is InChI=1S/C13H18ClNO3S2/c14-12-6-7-13(19-12)20(17,18)15-8-2-4-10(15)9-3-1-5-11(9)16/h6-7,9-11,16H,1-5,8H2. The summed E-state index contributed by atoms with van der Waals surface area (Å²) in [6.45, 7) is 0.547. The molecule has 20 heavy (non-hydrogen) atoms. The van der Waals surface area contributed by atoms with Crippen molar-refractivity contribution in [2.24, 2.45) is 5.92 Å². The molecule has 3 atom stereocenters. The zero-order chi connectivity index (χ0) is 14.3. The molecule has 0 bridgehead atoms. The Kier molecular flexibility index (Phi) is 4.12. The SMILES string of the molecule is O=S(=O)(c1ccc(Cl)s1)N1CCCC1C1CCCC1O. The largest absolute Gasteiger partial charge is 0.393 e. The molecule has 3 unspecified atom stereocenters. The molecule has 4 nitrogen and oxygen atoms in total. The first-order valence-corrected chi connectivity index (χ1v) is 9.59. The Morgan fingerprint density at radius 3 is 2.65 bits per heavy atom. The van der Waals surface area contributed by atoms with Gasteiger partial charge in [-0.3, -0.25) is 0 Å². The van der Waals surface area contributed by atoms with E-state index in [4.69, 9.17) is 11.6 Å². The highest BCUT2D eigenvalue weighted by atomic mass is 35.5.